The Balaban J connectivity index is 0.000000179. The molecule has 5 aromatic carbocycles. The van der Waals surface area contributed by atoms with Gasteiger partial charge in [0.2, 0.25) is 0 Å². The van der Waals surface area contributed by atoms with E-state index in [-0.39, 0.29) is 5.75 Å². The SMILES string of the molecule is CC[P+](c1ccccc1)(c1ccccc1)c1ccccc1.[O-]c1ccc(Cc2ccccc2)cc1. The maximum absolute atomic E-state index is 10.9. The standard InChI is InChI=1S/C20H20P.C13H12O/c1-2-21(18-12-6-3-7-13-18,19-14-8-4-9-15-19)20-16-10-5-11-17-20;14-13-8-6-12(7-9-13)10-11-4-2-1-3-5-11/h3-17H,2H2,1H3;1-9,14H,10H2/q+1;/p-1. The molecule has 0 atom stereocenters. The molecule has 5 aromatic rings. The quantitative estimate of drug-likeness (QED) is 0.263. The van der Waals surface area contributed by atoms with Crippen molar-refractivity contribution < 1.29 is 5.11 Å². The molecule has 1 nitrogen and oxygen atoms in total. The van der Waals surface area contributed by atoms with Crippen molar-refractivity contribution in [2.75, 3.05) is 6.16 Å². The first-order valence-corrected chi connectivity index (χ1v) is 14.0. The van der Waals surface area contributed by atoms with E-state index < -0.39 is 7.26 Å². The number of benzene rings is 5. The van der Waals surface area contributed by atoms with Crippen LogP contribution in [-0.2, 0) is 6.42 Å². The third kappa shape index (κ3) is 6.07. The molecule has 0 saturated heterocycles. The summed E-state index contributed by atoms with van der Waals surface area (Å²) < 4.78 is 0. The smallest absolute Gasteiger partial charge is 0.111 e. The van der Waals surface area contributed by atoms with Gasteiger partial charge in [-0.3, -0.25) is 0 Å². The fourth-order valence-electron chi connectivity index (χ4n) is 4.48. The molecule has 35 heavy (non-hydrogen) atoms. The van der Waals surface area contributed by atoms with Crippen LogP contribution >= 0.6 is 7.26 Å². The molecule has 0 bridgehead atoms. The van der Waals surface area contributed by atoms with Crippen LogP contribution in [0, 0.1) is 0 Å². The summed E-state index contributed by atoms with van der Waals surface area (Å²) in [5.74, 6) is 0.0711. The molecule has 0 aliphatic heterocycles. The van der Waals surface area contributed by atoms with E-state index in [1.54, 1.807) is 12.1 Å². The first kappa shape index (κ1) is 24.5. The molecule has 2 heteroatoms. The van der Waals surface area contributed by atoms with Gasteiger partial charge in [0.15, 0.2) is 0 Å². The zero-order valence-electron chi connectivity index (χ0n) is 20.1. The van der Waals surface area contributed by atoms with E-state index in [0.717, 1.165) is 12.6 Å². The fraction of sp³-hybridized carbons (Fsp3) is 0.0909. The number of rotatable bonds is 6. The topological polar surface area (TPSA) is 23.1 Å². The van der Waals surface area contributed by atoms with E-state index in [1.165, 1.54) is 27.0 Å². The Labute approximate surface area is 210 Å². The van der Waals surface area contributed by atoms with Crippen molar-refractivity contribution in [3.8, 4) is 5.75 Å². The van der Waals surface area contributed by atoms with Gasteiger partial charge < -0.3 is 5.11 Å². The minimum Gasteiger partial charge on any atom is -0.872 e. The second-order valence-corrected chi connectivity index (χ2v) is 12.2. The average molecular weight is 475 g/mol. The van der Waals surface area contributed by atoms with Gasteiger partial charge >= 0.3 is 0 Å². The van der Waals surface area contributed by atoms with Gasteiger partial charge in [-0.15, -0.1) is 5.75 Å². The first-order valence-electron chi connectivity index (χ1n) is 12.1. The van der Waals surface area contributed by atoms with Crippen molar-refractivity contribution in [3.63, 3.8) is 0 Å². The predicted molar refractivity (Wildman–Crippen MR) is 151 cm³/mol. The van der Waals surface area contributed by atoms with Crippen LogP contribution < -0.4 is 21.0 Å². The van der Waals surface area contributed by atoms with Gasteiger partial charge in [0.25, 0.3) is 0 Å². The minimum absolute atomic E-state index is 0.0711. The zero-order chi connectivity index (χ0) is 24.3. The van der Waals surface area contributed by atoms with Crippen molar-refractivity contribution in [1.82, 2.24) is 0 Å². The lowest BCUT2D eigenvalue weighted by molar-refractivity contribution is -0.268. The van der Waals surface area contributed by atoms with Crippen LogP contribution in [0.1, 0.15) is 18.1 Å². The van der Waals surface area contributed by atoms with E-state index in [2.05, 4.69) is 110 Å². The van der Waals surface area contributed by atoms with E-state index in [1.807, 2.05) is 30.3 Å². The molecule has 174 valence electrons. The molecule has 0 fully saturated rings. The Morgan fingerprint density at radius 3 is 1.17 bits per heavy atom. The highest BCUT2D eigenvalue weighted by Gasteiger charge is 2.43. The van der Waals surface area contributed by atoms with Crippen LogP contribution in [0.15, 0.2) is 146 Å². The monoisotopic (exact) mass is 474 g/mol. The van der Waals surface area contributed by atoms with Crippen molar-refractivity contribution in [3.05, 3.63) is 157 Å². The maximum Gasteiger partial charge on any atom is 0.111 e. The van der Waals surface area contributed by atoms with Gasteiger partial charge in [0.05, 0.1) is 6.16 Å². The third-order valence-electron chi connectivity index (χ3n) is 6.24. The summed E-state index contributed by atoms with van der Waals surface area (Å²) in [4.78, 5) is 0. The van der Waals surface area contributed by atoms with E-state index in [4.69, 9.17) is 0 Å². The van der Waals surface area contributed by atoms with E-state index in [0.29, 0.717) is 0 Å². The molecule has 0 saturated carbocycles. The van der Waals surface area contributed by atoms with Gasteiger partial charge in [-0.1, -0.05) is 109 Å². The van der Waals surface area contributed by atoms with Crippen molar-refractivity contribution >= 4 is 23.2 Å². The second kappa shape index (κ2) is 12.2. The lowest BCUT2D eigenvalue weighted by Gasteiger charge is -2.26. The van der Waals surface area contributed by atoms with Crippen LogP contribution in [-0.4, -0.2) is 6.16 Å². The molecule has 0 unspecified atom stereocenters. The summed E-state index contributed by atoms with van der Waals surface area (Å²) in [5, 5.41) is 15.3. The average Bonchev–Trinajstić information content (AvgIpc) is 2.94. The lowest BCUT2D eigenvalue weighted by Crippen LogP contribution is -2.32. The highest BCUT2D eigenvalue weighted by atomic mass is 31.2. The molecule has 0 amide bonds. The van der Waals surface area contributed by atoms with Crippen LogP contribution in [0.5, 0.6) is 5.75 Å². The Morgan fingerprint density at radius 1 is 0.457 bits per heavy atom. The van der Waals surface area contributed by atoms with Crippen molar-refractivity contribution in [2.24, 2.45) is 0 Å². The van der Waals surface area contributed by atoms with Crippen LogP contribution in [0.3, 0.4) is 0 Å². The Kier molecular flexibility index (Phi) is 8.49. The summed E-state index contributed by atoms with van der Waals surface area (Å²) in [6.07, 6.45) is 2.03. The van der Waals surface area contributed by atoms with Crippen molar-refractivity contribution in [1.29, 1.82) is 0 Å². The highest BCUT2D eigenvalue weighted by molar-refractivity contribution is 7.95. The Hall–Kier alpha value is -3.67. The van der Waals surface area contributed by atoms with Crippen molar-refractivity contribution in [2.45, 2.75) is 13.3 Å². The van der Waals surface area contributed by atoms with Gasteiger partial charge in [0.1, 0.15) is 23.2 Å². The summed E-state index contributed by atoms with van der Waals surface area (Å²) in [7, 11) is -1.53. The molecular weight excluding hydrogens is 443 g/mol. The highest BCUT2D eigenvalue weighted by Crippen LogP contribution is 2.54. The van der Waals surface area contributed by atoms with E-state index in [9.17, 15) is 5.11 Å². The molecule has 0 N–H and O–H groups in total. The second-order valence-electron chi connectivity index (χ2n) is 8.44. The summed E-state index contributed by atoms with van der Waals surface area (Å²) in [6.45, 7) is 2.32. The van der Waals surface area contributed by atoms with E-state index >= 15 is 0 Å². The third-order valence-corrected chi connectivity index (χ3v) is 10.7. The lowest BCUT2D eigenvalue weighted by atomic mass is 10.1. The van der Waals surface area contributed by atoms with Gasteiger partial charge in [-0.2, -0.15) is 0 Å². The molecule has 0 aliphatic carbocycles. The van der Waals surface area contributed by atoms with Gasteiger partial charge in [0, 0.05) is 0 Å². The fourth-order valence-corrected chi connectivity index (χ4v) is 8.51. The normalized spacial score (nSPS) is 10.8. The molecule has 0 aliphatic rings. The summed E-state index contributed by atoms with van der Waals surface area (Å²) in [6, 6.07) is 50.2. The molecule has 0 heterocycles. The number of hydrogen-bond donors (Lipinski definition) is 0. The molecule has 5 rings (SSSR count). The number of hydrogen-bond acceptors (Lipinski definition) is 1. The van der Waals surface area contributed by atoms with Gasteiger partial charge in [-0.05, 0) is 60.9 Å². The molecule has 0 aromatic heterocycles. The Morgan fingerprint density at radius 2 is 0.800 bits per heavy atom. The Bertz CT molecular complexity index is 1170. The van der Waals surface area contributed by atoms with Crippen LogP contribution in [0.25, 0.3) is 0 Å². The molecule has 0 radical (unpaired) electrons. The predicted octanol–water partition coefficient (Wildman–Crippen LogP) is 6.35. The summed E-state index contributed by atoms with van der Waals surface area (Å²) in [5.41, 5.74) is 2.45. The maximum atomic E-state index is 10.9. The van der Waals surface area contributed by atoms with Crippen LogP contribution in [0.4, 0.5) is 0 Å². The first-order chi connectivity index (χ1) is 17.2. The summed E-state index contributed by atoms with van der Waals surface area (Å²) >= 11 is 0. The largest absolute Gasteiger partial charge is 0.872 e. The zero-order valence-corrected chi connectivity index (χ0v) is 21.0. The molecular formula is C33H31OP. The van der Waals surface area contributed by atoms with Gasteiger partial charge in [-0.25, -0.2) is 0 Å². The van der Waals surface area contributed by atoms with Crippen LogP contribution in [0.2, 0.25) is 0 Å². The molecule has 0 spiro atoms. The minimum atomic E-state index is -1.53.